The third kappa shape index (κ3) is 74.9. The van der Waals surface area contributed by atoms with Gasteiger partial charge in [-0.25, -0.2) is 4.57 Å². The van der Waals surface area contributed by atoms with Gasteiger partial charge in [0.05, 0.1) is 13.2 Å². The predicted octanol–water partition coefficient (Wildman–Crippen LogP) is 26.0. The maximum absolute atomic E-state index is 12.8. The van der Waals surface area contributed by atoms with Gasteiger partial charge >= 0.3 is 19.8 Å². The molecule has 0 saturated heterocycles. The molecule has 89 heavy (non-hydrogen) atoms. The molecule has 0 aliphatic carbocycles. The van der Waals surface area contributed by atoms with Crippen LogP contribution in [0.3, 0.4) is 0 Å². The van der Waals surface area contributed by atoms with Crippen LogP contribution in [0, 0.1) is 0 Å². The molecule has 0 saturated carbocycles. The SMILES string of the molecule is CCCCCCC/C=C\C/C=C\CCCCCCCCCCCCCCCCCCCCCCCCCCCCCCCC(=O)OC(COC(=O)CCCCCCCCCCCCCCCCC/C=C\C/C=C\CCCCCCC)COP(=O)(O)OCCN. The Kier molecular flexibility index (Phi) is 73.3. The summed E-state index contributed by atoms with van der Waals surface area (Å²) >= 11 is 0. The molecule has 9 nitrogen and oxygen atoms in total. The van der Waals surface area contributed by atoms with E-state index in [1.807, 2.05) is 0 Å². The second-order valence-electron chi connectivity index (χ2n) is 26.6. The Morgan fingerprint density at radius 1 is 0.337 bits per heavy atom. The molecule has 0 heterocycles. The van der Waals surface area contributed by atoms with Crippen molar-refractivity contribution in [1.29, 1.82) is 0 Å². The van der Waals surface area contributed by atoms with E-state index in [0.29, 0.717) is 6.42 Å². The topological polar surface area (TPSA) is 134 Å². The largest absolute Gasteiger partial charge is 0.472 e. The van der Waals surface area contributed by atoms with Crippen LogP contribution in [0.25, 0.3) is 0 Å². The molecule has 0 aromatic carbocycles. The molecule has 524 valence electrons. The van der Waals surface area contributed by atoms with Gasteiger partial charge in [0, 0.05) is 19.4 Å². The van der Waals surface area contributed by atoms with Crippen molar-refractivity contribution < 1.29 is 37.6 Å². The molecule has 0 bridgehead atoms. The molecule has 10 heteroatoms. The Morgan fingerprint density at radius 3 is 0.854 bits per heavy atom. The number of phosphoric acid groups is 1. The fraction of sp³-hybridized carbons (Fsp3) is 0.873. The number of esters is 2. The predicted molar refractivity (Wildman–Crippen MR) is 386 cm³/mol. The average Bonchev–Trinajstić information content (AvgIpc) is 3.58. The highest BCUT2D eigenvalue weighted by Gasteiger charge is 2.26. The van der Waals surface area contributed by atoms with Crippen LogP contribution < -0.4 is 5.73 Å². The highest BCUT2D eigenvalue weighted by molar-refractivity contribution is 7.47. The molecule has 0 aromatic heterocycles. The van der Waals surface area contributed by atoms with E-state index in [-0.39, 0.29) is 38.6 Å². The molecule has 0 radical (unpaired) electrons. The summed E-state index contributed by atoms with van der Waals surface area (Å²) in [5, 5.41) is 0. The molecule has 0 aliphatic rings. The van der Waals surface area contributed by atoms with Crippen LogP contribution in [0.15, 0.2) is 48.6 Å². The zero-order valence-corrected chi connectivity index (χ0v) is 60.1. The van der Waals surface area contributed by atoms with Gasteiger partial charge < -0.3 is 20.1 Å². The number of unbranched alkanes of at least 4 members (excludes halogenated alkanes) is 54. The minimum Gasteiger partial charge on any atom is -0.462 e. The molecule has 0 spiro atoms. The van der Waals surface area contributed by atoms with Crippen molar-refractivity contribution in [3.05, 3.63) is 48.6 Å². The molecule has 3 N–H and O–H groups in total. The van der Waals surface area contributed by atoms with Gasteiger partial charge in [-0.1, -0.05) is 371 Å². The molecule has 0 aromatic rings. The maximum Gasteiger partial charge on any atom is 0.472 e. The zero-order chi connectivity index (χ0) is 64.4. The highest BCUT2D eigenvalue weighted by atomic mass is 31.2. The van der Waals surface area contributed by atoms with Crippen LogP contribution in [0.5, 0.6) is 0 Å². The standard InChI is InChI=1S/C79H150NO8P/c1-3-5-7-9-11-13-15-17-19-21-23-25-27-29-31-32-33-34-35-36-37-38-39-40-41-42-43-44-46-48-50-52-54-56-58-60-62-64-66-68-70-72-79(82)88-77(76-87-89(83,84)86-74-73-80)75-85-78(81)71-69-67-65-63-61-59-57-55-53-51-49-47-45-30-28-26-24-22-20-18-16-14-12-10-8-6-4-2/h15-18,21-24,77H,3-14,19-20,25-76,80H2,1-2H3,(H,83,84)/b17-15-,18-16-,23-21-,24-22-. The van der Waals surface area contributed by atoms with Crippen LogP contribution in [-0.2, 0) is 32.7 Å². The van der Waals surface area contributed by atoms with E-state index in [0.717, 1.165) is 44.9 Å². The lowest BCUT2D eigenvalue weighted by molar-refractivity contribution is -0.161. The summed E-state index contributed by atoms with van der Waals surface area (Å²) in [6.07, 6.45) is 96.8. The summed E-state index contributed by atoms with van der Waals surface area (Å²) < 4.78 is 33.3. The van der Waals surface area contributed by atoms with Crippen molar-refractivity contribution >= 4 is 19.8 Å². The third-order valence-corrected chi connectivity index (χ3v) is 18.7. The van der Waals surface area contributed by atoms with E-state index in [9.17, 15) is 19.0 Å². The maximum atomic E-state index is 12.8. The van der Waals surface area contributed by atoms with Gasteiger partial charge in [0.2, 0.25) is 0 Å². The van der Waals surface area contributed by atoms with E-state index < -0.39 is 26.5 Å². The third-order valence-electron chi connectivity index (χ3n) is 17.7. The van der Waals surface area contributed by atoms with E-state index in [2.05, 4.69) is 62.5 Å². The molecule has 0 rings (SSSR count). The molecule has 0 fully saturated rings. The van der Waals surface area contributed by atoms with E-state index in [1.54, 1.807) is 0 Å². The van der Waals surface area contributed by atoms with Gasteiger partial charge in [-0.05, 0) is 77.0 Å². The van der Waals surface area contributed by atoms with Crippen LogP contribution in [0.2, 0.25) is 0 Å². The molecule has 2 atom stereocenters. The van der Waals surface area contributed by atoms with Crippen molar-refractivity contribution in [2.75, 3.05) is 26.4 Å². The number of nitrogens with two attached hydrogens (primary N) is 1. The smallest absolute Gasteiger partial charge is 0.462 e. The number of hydrogen-bond acceptors (Lipinski definition) is 8. The van der Waals surface area contributed by atoms with Crippen molar-refractivity contribution in [3.8, 4) is 0 Å². The first-order chi connectivity index (χ1) is 43.8. The number of rotatable bonds is 75. The number of ether oxygens (including phenoxy) is 2. The van der Waals surface area contributed by atoms with Crippen LogP contribution in [-0.4, -0.2) is 49.3 Å². The molecule has 0 amide bonds. The summed E-state index contributed by atoms with van der Waals surface area (Å²) in [6.45, 7) is 3.80. The van der Waals surface area contributed by atoms with Crippen LogP contribution in [0.1, 0.15) is 412 Å². The molecule has 0 aliphatic heterocycles. The lowest BCUT2D eigenvalue weighted by atomic mass is 10.0. The monoisotopic (exact) mass is 1270 g/mol. The highest BCUT2D eigenvalue weighted by Crippen LogP contribution is 2.43. The lowest BCUT2D eigenvalue weighted by Crippen LogP contribution is -2.29. The zero-order valence-electron chi connectivity index (χ0n) is 59.2. The molecular formula is C79H150NO8P. The summed E-state index contributed by atoms with van der Waals surface area (Å²) in [5.74, 6) is -0.805. The van der Waals surface area contributed by atoms with Crippen molar-refractivity contribution in [2.24, 2.45) is 5.73 Å². The number of allylic oxidation sites excluding steroid dienone is 8. The van der Waals surface area contributed by atoms with E-state index in [4.69, 9.17) is 24.3 Å². The van der Waals surface area contributed by atoms with Crippen molar-refractivity contribution in [2.45, 2.75) is 418 Å². The fourth-order valence-electron chi connectivity index (χ4n) is 11.9. The Hall–Kier alpha value is -2.03. The number of carbonyl (C=O) groups is 2. The number of hydrogen-bond donors (Lipinski definition) is 2. The van der Waals surface area contributed by atoms with Gasteiger partial charge in [0.25, 0.3) is 0 Å². The Balaban J connectivity index is 3.74. The quantitative estimate of drug-likeness (QED) is 0.0264. The summed E-state index contributed by atoms with van der Waals surface area (Å²) in [5.41, 5.74) is 5.41. The first-order valence-electron chi connectivity index (χ1n) is 39.1. The Bertz CT molecular complexity index is 1600. The number of phosphoric ester groups is 1. The summed E-state index contributed by atoms with van der Waals surface area (Å²) in [4.78, 5) is 35.4. The fourth-order valence-corrected chi connectivity index (χ4v) is 12.6. The normalized spacial score (nSPS) is 13.1. The first-order valence-corrected chi connectivity index (χ1v) is 40.6. The Labute approximate surface area is 553 Å². The average molecular weight is 1270 g/mol. The van der Waals surface area contributed by atoms with Gasteiger partial charge in [-0.2, -0.15) is 0 Å². The second kappa shape index (κ2) is 75.0. The first kappa shape index (κ1) is 87.0. The lowest BCUT2D eigenvalue weighted by Gasteiger charge is -2.19. The number of carbonyl (C=O) groups excluding carboxylic acids is 2. The van der Waals surface area contributed by atoms with Gasteiger partial charge in [0.15, 0.2) is 6.10 Å². The second-order valence-corrected chi connectivity index (χ2v) is 28.0. The molecule has 2 unspecified atom stereocenters. The van der Waals surface area contributed by atoms with Crippen LogP contribution >= 0.6 is 7.82 Å². The minimum absolute atomic E-state index is 0.0556. The minimum atomic E-state index is -4.39. The van der Waals surface area contributed by atoms with E-state index >= 15 is 0 Å². The van der Waals surface area contributed by atoms with Crippen molar-refractivity contribution in [1.82, 2.24) is 0 Å². The van der Waals surface area contributed by atoms with Crippen molar-refractivity contribution in [3.63, 3.8) is 0 Å². The molecular weight excluding hydrogens is 1120 g/mol. The van der Waals surface area contributed by atoms with Gasteiger partial charge in [-0.15, -0.1) is 0 Å². The van der Waals surface area contributed by atoms with Gasteiger partial charge in [-0.3, -0.25) is 18.6 Å². The summed E-state index contributed by atoms with van der Waals surface area (Å²) in [7, 11) is -4.39. The van der Waals surface area contributed by atoms with Gasteiger partial charge in [0.1, 0.15) is 6.61 Å². The van der Waals surface area contributed by atoms with E-state index in [1.165, 1.54) is 334 Å². The van der Waals surface area contributed by atoms with Crippen LogP contribution in [0.4, 0.5) is 0 Å². The Morgan fingerprint density at radius 2 is 0.584 bits per heavy atom. The summed E-state index contributed by atoms with van der Waals surface area (Å²) in [6, 6.07) is 0.